The third kappa shape index (κ3) is 45.8. The molecule has 83 heavy (non-hydrogen) atoms. The van der Waals surface area contributed by atoms with Crippen molar-refractivity contribution in [2.24, 2.45) is 0 Å². The summed E-state index contributed by atoms with van der Waals surface area (Å²) in [6.07, 6.45) is 71.9. The minimum atomic E-state index is -1.64. The van der Waals surface area contributed by atoms with Gasteiger partial charge in [-0.1, -0.05) is 251 Å². The lowest BCUT2D eigenvalue weighted by atomic mass is 9.99. The molecule has 6 N–H and O–H groups in total. The van der Waals surface area contributed by atoms with Gasteiger partial charge in [-0.25, -0.2) is 0 Å². The van der Waals surface area contributed by atoms with Crippen LogP contribution in [-0.4, -0.2) is 99.6 Å². The van der Waals surface area contributed by atoms with Gasteiger partial charge in [-0.2, -0.15) is 0 Å². The molecular weight excluding hydrogens is 1040 g/mol. The van der Waals surface area contributed by atoms with E-state index < -0.39 is 67.4 Å². The maximum absolute atomic E-state index is 13.4. The summed E-state index contributed by atoms with van der Waals surface area (Å²) in [7, 11) is 0. The van der Waals surface area contributed by atoms with Gasteiger partial charge in [0, 0.05) is 6.42 Å². The Kier molecular flexibility index (Phi) is 53.9. The summed E-state index contributed by atoms with van der Waals surface area (Å²) in [5, 5.41) is 57.0. The summed E-state index contributed by atoms with van der Waals surface area (Å²) in [4.78, 5) is 26.6. The molecular formula is C72H119NO10. The van der Waals surface area contributed by atoms with Crippen LogP contribution in [0.3, 0.4) is 0 Å². The number of amides is 1. The maximum Gasteiger partial charge on any atom is 0.306 e. The summed E-state index contributed by atoms with van der Waals surface area (Å²) < 4.78 is 17.6. The molecule has 0 saturated carbocycles. The summed E-state index contributed by atoms with van der Waals surface area (Å²) in [6, 6.07) is -1.05. The highest BCUT2D eigenvalue weighted by Gasteiger charge is 2.47. The molecule has 1 rings (SSSR count). The molecule has 0 spiro atoms. The van der Waals surface area contributed by atoms with Crippen LogP contribution in [0.5, 0.6) is 0 Å². The Hall–Kier alpha value is -4.20. The lowest BCUT2D eigenvalue weighted by molar-refractivity contribution is -0.305. The van der Waals surface area contributed by atoms with E-state index in [2.05, 4.69) is 148 Å². The molecule has 8 unspecified atom stereocenters. The Bertz CT molecular complexity index is 1860. The van der Waals surface area contributed by atoms with E-state index in [1.807, 2.05) is 6.08 Å². The number of nitrogens with one attached hydrogen (secondary N) is 1. The number of allylic oxidation sites excluding steroid dienone is 21. The number of ether oxygens (including phenoxy) is 3. The van der Waals surface area contributed by atoms with Gasteiger partial charge < -0.3 is 45.1 Å². The second kappa shape index (κ2) is 58.2. The SMILES string of the molecule is CC/C=C\C/C=C\C/C=C\C/C=C\C/C=C\C/C=C\CCCCCC(O)C(=O)NC(COC1OC(CO)C(O)C(O)C1OC(=O)CCCCCCC/C=C\C/C=C\C/C=C\C/C=C\CCCCC)C(O)/C=C/CCCCCCCCCCC. The summed E-state index contributed by atoms with van der Waals surface area (Å²) in [5.74, 6) is -1.25. The van der Waals surface area contributed by atoms with E-state index in [1.165, 1.54) is 64.2 Å². The van der Waals surface area contributed by atoms with Crippen LogP contribution >= 0.6 is 0 Å². The number of hydrogen-bond acceptors (Lipinski definition) is 10. The molecule has 11 heteroatoms. The summed E-state index contributed by atoms with van der Waals surface area (Å²) in [6.45, 7) is 5.61. The smallest absolute Gasteiger partial charge is 0.306 e. The number of aliphatic hydroxyl groups excluding tert-OH is 5. The monoisotopic (exact) mass is 1160 g/mol. The van der Waals surface area contributed by atoms with Crippen LogP contribution in [0.2, 0.25) is 0 Å². The predicted octanol–water partition coefficient (Wildman–Crippen LogP) is 16.4. The topological polar surface area (TPSA) is 175 Å². The standard InChI is InChI=1S/C72H119NO10/c1-4-7-10-13-16-19-22-24-26-28-30-32-34-35-37-39-41-44-47-50-53-56-59-65(76)71(80)73-63(64(75)58-55-52-49-46-43-21-18-15-12-9-6-3)62-81-72-70(69(79)68(78)66(61-74)82-72)83-67(77)60-57-54-51-48-45-42-40-38-36-33-31-29-27-25-23-20-17-14-11-8-5-2/h7,10,16-17,19-20,24-27,30-33,35,37-38,40-41,44,55,58,63-66,68-70,72,74-76,78-79H,4-6,8-9,11-15,18,21-23,28-29,34,36,39,42-43,45-54,56-57,59-62H2,1-3H3,(H,73,80)/b10-7-,19-16-,20-17-,26-24-,27-25-,32-30-,33-31-,37-35-,40-38-,44-41-,58-55+. The van der Waals surface area contributed by atoms with Crippen LogP contribution < -0.4 is 5.32 Å². The van der Waals surface area contributed by atoms with E-state index in [0.717, 1.165) is 135 Å². The number of hydrogen-bond donors (Lipinski definition) is 6. The molecule has 1 saturated heterocycles. The molecule has 8 atom stereocenters. The van der Waals surface area contributed by atoms with Crippen molar-refractivity contribution in [1.82, 2.24) is 5.32 Å². The third-order valence-corrected chi connectivity index (χ3v) is 14.5. The molecule has 1 aliphatic heterocycles. The first-order valence-electron chi connectivity index (χ1n) is 33.0. The van der Waals surface area contributed by atoms with Crippen molar-refractivity contribution in [1.29, 1.82) is 0 Å². The third-order valence-electron chi connectivity index (χ3n) is 14.5. The first kappa shape index (κ1) is 76.8. The number of carbonyl (C=O) groups is 2. The second-order valence-electron chi connectivity index (χ2n) is 22.1. The summed E-state index contributed by atoms with van der Waals surface area (Å²) >= 11 is 0. The van der Waals surface area contributed by atoms with Crippen LogP contribution in [0.4, 0.5) is 0 Å². The van der Waals surface area contributed by atoms with Gasteiger partial charge in [0.05, 0.1) is 25.4 Å². The number of unbranched alkanes of at least 4 members (excludes halogenated alkanes) is 20. The highest BCUT2D eigenvalue weighted by Crippen LogP contribution is 2.26. The molecule has 0 aromatic carbocycles. The lowest BCUT2D eigenvalue weighted by Gasteiger charge is -2.41. The van der Waals surface area contributed by atoms with Crippen molar-refractivity contribution in [3.63, 3.8) is 0 Å². The zero-order valence-corrected chi connectivity index (χ0v) is 52.3. The molecule has 1 fully saturated rings. The average molecular weight is 1160 g/mol. The number of aliphatic hydroxyl groups is 5. The van der Waals surface area contributed by atoms with Crippen molar-refractivity contribution in [3.8, 4) is 0 Å². The molecule has 1 amide bonds. The van der Waals surface area contributed by atoms with E-state index in [-0.39, 0.29) is 19.4 Å². The highest BCUT2D eigenvalue weighted by molar-refractivity contribution is 5.80. The average Bonchev–Trinajstić information content (AvgIpc) is 3.52. The second-order valence-corrected chi connectivity index (χ2v) is 22.1. The molecule has 1 heterocycles. The molecule has 1 aliphatic rings. The number of carbonyl (C=O) groups excluding carboxylic acids is 2. The Labute approximate surface area is 505 Å². The van der Waals surface area contributed by atoms with E-state index in [0.29, 0.717) is 12.8 Å². The molecule has 0 aromatic rings. The van der Waals surface area contributed by atoms with Crippen molar-refractivity contribution >= 4 is 11.9 Å². The van der Waals surface area contributed by atoms with Crippen LogP contribution in [0.1, 0.15) is 245 Å². The molecule has 0 aliphatic carbocycles. The number of rotatable bonds is 54. The van der Waals surface area contributed by atoms with Crippen LogP contribution in [0.15, 0.2) is 134 Å². The fraction of sp³-hybridized carbons (Fsp3) is 0.667. The fourth-order valence-electron chi connectivity index (χ4n) is 9.34. The quantitative estimate of drug-likeness (QED) is 0.0195. The molecule has 0 aromatic heterocycles. The first-order valence-corrected chi connectivity index (χ1v) is 33.0. The lowest BCUT2D eigenvalue weighted by Crippen LogP contribution is -2.61. The van der Waals surface area contributed by atoms with Crippen LogP contribution in [0, 0.1) is 0 Å². The Balaban J connectivity index is 2.67. The fourth-order valence-corrected chi connectivity index (χ4v) is 9.34. The van der Waals surface area contributed by atoms with Gasteiger partial charge in [-0.15, -0.1) is 0 Å². The van der Waals surface area contributed by atoms with Crippen LogP contribution in [-0.2, 0) is 23.8 Å². The van der Waals surface area contributed by atoms with Gasteiger partial charge in [-0.3, -0.25) is 9.59 Å². The van der Waals surface area contributed by atoms with Gasteiger partial charge in [0.15, 0.2) is 12.4 Å². The van der Waals surface area contributed by atoms with E-state index in [1.54, 1.807) is 6.08 Å². The first-order chi connectivity index (χ1) is 40.7. The molecule has 0 bridgehead atoms. The van der Waals surface area contributed by atoms with Gasteiger partial charge >= 0.3 is 5.97 Å². The van der Waals surface area contributed by atoms with Crippen molar-refractivity contribution in [2.75, 3.05) is 13.2 Å². The van der Waals surface area contributed by atoms with Crippen LogP contribution in [0.25, 0.3) is 0 Å². The molecule has 11 nitrogen and oxygen atoms in total. The normalized spacial score (nSPS) is 19.4. The molecule has 0 radical (unpaired) electrons. The Morgan fingerprint density at radius 1 is 0.482 bits per heavy atom. The predicted molar refractivity (Wildman–Crippen MR) is 347 cm³/mol. The Morgan fingerprint density at radius 2 is 0.867 bits per heavy atom. The van der Waals surface area contributed by atoms with Crippen molar-refractivity contribution < 1.29 is 49.3 Å². The highest BCUT2D eigenvalue weighted by atomic mass is 16.7. The van der Waals surface area contributed by atoms with Gasteiger partial charge in [-0.05, 0) is 122 Å². The van der Waals surface area contributed by atoms with E-state index in [9.17, 15) is 35.1 Å². The minimum absolute atomic E-state index is 0.0915. The number of esters is 1. The zero-order chi connectivity index (χ0) is 60.3. The largest absolute Gasteiger partial charge is 0.454 e. The van der Waals surface area contributed by atoms with Crippen molar-refractivity contribution in [3.05, 3.63) is 134 Å². The Morgan fingerprint density at radius 3 is 1.33 bits per heavy atom. The maximum atomic E-state index is 13.4. The van der Waals surface area contributed by atoms with E-state index in [4.69, 9.17) is 14.2 Å². The van der Waals surface area contributed by atoms with Gasteiger partial charge in [0.1, 0.15) is 24.4 Å². The van der Waals surface area contributed by atoms with Crippen molar-refractivity contribution in [2.45, 2.75) is 294 Å². The zero-order valence-electron chi connectivity index (χ0n) is 52.3. The summed E-state index contributed by atoms with van der Waals surface area (Å²) in [5.41, 5.74) is 0. The molecule has 472 valence electrons. The van der Waals surface area contributed by atoms with Gasteiger partial charge in [0.2, 0.25) is 5.91 Å². The van der Waals surface area contributed by atoms with E-state index >= 15 is 0 Å². The minimum Gasteiger partial charge on any atom is -0.454 e. The van der Waals surface area contributed by atoms with Gasteiger partial charge in [0.25, 0.3) is 0 Å².